The average molecular weight is 292 g/mol. The van der Waals surface area contributed by atoms with Crippen molar-refractivity contribution < 1.29 is 9.32 Å². The van der Waals surface area contributed by atoms with Gasteiger partial charge in [-0.3, -0.25) is 9.59 Å². The molecule has 2 rings (SSSR count). The van der Waals surface area contributed by atoms with Gasteiger partial charge in [-0.15, -0.1) is 0 Å². The molecule has 0 unspecified atom stereocenters. The van der Waals surface area contributed by atoms with Crippen LogP contribution in [0, 0.1) is 13.8 Å². The third-order valence-electron chi connectivity index (χ3n) is 3.34. The number of carbonyl (C=O) groups is 1. The monoisotopic (exact) mass is 292 g/mol. The standard InChI is InChI=1S/C14H20N4O3/c1-4-5-7-15-11(19)6-8-18-14(20)13-12(9(2)16-18)10(3)21-17-13/h4-8H2,1-3H3,(H,15,19). The predicted octanol–water partition coefficient (Wildman–Crippen LogP) is 1.31. The van der Waals surface area contributed by atoms with E-state index in [1.54, 1.807) is 13.8 Å². The zero-order chi connectivity index (χ0) is 15.4. The molecule has 0 atom stereocenters. The SMILES string of the molecule is CCCCNC(=O)CCn1nc(C)c2c(C)onc2c1=O. The number of hydrogen-bond donors (Lipinski definition) is 1. The van der Waals surface area contributed by atoms with Crippen LogP contribution in [0.2, 0.25) is 0 Å². The number of hydrogen-bond acceptors (Lipinski definition) is 5. The maximum atomic E-state index is 12.2. The van der Waals surface area contributed by atoms with E-state index in [0.717, 1.165) is 12.8 Å². The van der Waals surface area contributed by atoms with Crippen LogP contribution in [0.1, 0.15) is 37.6 Å². The second-order valence-electron chi connectivity index (χ2n) is 5.03. The van der Waals surface area contributed by atoms with Gasteiger partial charge in [0.05, 0.1) is 17.6 Å². The van der Waals surface area contributed by atoms with Gasteiger partial charge in [-0.05, 0) is 20.3 Å². The van der Waals surface area contributed by atoms with Crippen LogP contribution >= 0.6 is 0 Å². The molecule has 0 bridgehead atoms. The van der Waals surface area contributed by atoms with Crippen LogP contribution in [0.5, 0.6) is 0 Å². The number of rotatable bonds is 6. The Bertz CT molecular complexity index is 702. The molecule has 2 heterocycles. The van der Waals surface area contributed by atoms with Crippen LogP contribution in [0.3, 0.4) is 0 Å². The molecule has 0 fully saturated rings. The summed E-state index contributed by atoms with van der Waals surface area (Å²) >= 11 is 0. The molecule has 2 aromatic heterocycles. The van der Waals surface area contributed by atoms with Crippen LogP contribution in [-0.2, 0) is 11.3 Å². The molecule has 0 radical (unpaired) electrons. The normalized spacial score (nSPS) is 11.0. The minimum Gasteiger partial charge on any atom is -0.360 e. The Morgan fingerprint density at radius 3 is 2.86 bits per heavy atom. The second-order valence-corrected chi connectivity index (χ2v) is 5.03. The van der Waals surface area contributed by atoms with E-state index in [0.29, 0.717) is 23.4 Å². The van der Waals surface area contributed by atoms with Crippen LogP contribution < -0.4 is 10.9 Å². The van der Waals surface area contributed by atoms with E-state index in [-0.39, 0.29) is 29.9 Å². The van der Waals surface area contributed by atoms with Gasteiger partial charge in [0.2, 0.25) is 5.91 Å². The maximum absolute atomic E-state index is 12.2. The summed E-state index contributed by atoms with van der Waals surface area (Å²) in [6.45, 7) is 6.50. The Morgan fingerprint density at radius 1 is 1.38 bits per heavy atom. The van der Waals surface area contributed by atoms with Crippen molar-refractivity contribution in [3.8, 4) is 0 Å². The summed E-state index contributed by atoms with van der Waals surface area (Å²) in [7, 11) is 0. The third kappa shape index (κ3) is 3.29. The Morgan fingerprint density at radius 2 is 2.14 bits per heavy atom. The van der Waals surface area contributed by atoms with Gasteiger partial charge >= 0.3 is 0 Å². The largest absolute Gasteiger partial charge is 0.360 e. The highest BCUT2D eigenvalue weighted by Crippen LogP contribution is 2.16. The topological polar surface area (TPSA) is 90.0 Å². The summed E-state index contributed by atoms with van der Waals surface area (Å²) in [5, 5.41) is 11.5. The highest BCUT2D eigenvalue weighted by molar-refractivity contribution is 5.81. The van der Waals surface area contributed by atoms with Crippen molar-refractivity contribution in [2.24, 2.45) is 0 Å². The number of carbonyl (C=O) groups excluding carboxylic acids is 1. The third-order valence-corrected chi connectivity index (χ3v) is 3.34. The fourth-order valence-electron chi connectivity index (χ4n) is 2.19. The molecule has 2 aromatic rings. The molecule has 114 valence electrons. The van der Waals surface area contributed by atoms with Crippen molar-refractivity contribution in [3.05, 3.63) is 21.8 Å². The minimum atomic E-state index is -0.325. The van der Waals surface area contributed by atoms with Crippen molar-refractivity contribution in [2.75, 3.05) is 6.54 Å². The van der Waals surface area contributed by atoms with Gasteiger partial charge in [0, 0.05) is 13.0 Å². The highest BCUT2D eigenvalue weighted by Gasteiger charge is 2.15. The maximum Gasteiger partial charge on any atom is 0.296 e. The van der Waals surface area contributed by atoms with Gasteiger partial charge in [0.15, 0.2) is 5.52 Å². The van der Waals surface area contributed by atoms with Crippen molar-refractivity contribution in [1.29, 1.82) is 0 Å². The van der Waals surface area contributed by atoms with Crippen LogP contribution in [0.25, 0.3) is 10.9 Å². The lowest BCUT2D eigenvalue weighted by Crippen LogP contribution is -2.29. The number of nitrogens with zero attached hydrogens (tertiary/aromatic N) is 3. The summed E-state index contributed by atoms with van der Waals surface area (Å²) in [6.07, 6.45) is 2.20. The summed E-state index contributed by atoms with van der Waals surface area (Å²) in [4.78, 5) is 23.9. The molecule has 1 N–H and O–H groups in total. The second kappa shape index (κ2) is 6.51. The fourth-order valence-corrected chi connectivity index (χ4v) is 2.19. The van der Waals surface area contributed by atoms with E-state index in [1.807, 2.05) is 0 Å². The van der Waals surface area contributed by atoms with Crippen molar-refractivity contribution >= 4 is 16.8 Å². The van der Waals surface area contributed by atoms with E-state index in [9.17, 15) is 9.59 Å². The molecular formula is C14H20N4O3. The molecule has 7 nitrogen and oxygen atoms in total. The Labute approximate surface area is 122 Å². The van der Waals surface area contributed by atoms with Gasteiger partial charge in [-0.25, -0.2) is 4.68 Å². The first kappa shape index (κ1) is 15.2. The van der Waals surface area contributed by atoms with Gasteiger partial charge in [0.1, 0.15) is 5.76 Å². The molecule has 0 aliphatic carbocycles. The number of unbranched alkanes of at least 4 members (excludes halogenated alkanes) is 1. The molecule has 21 heavy (non-hydrogen) atoms. The molecule has 0 spiro atoms. The van der Waals surface area contributed by atoms with Gasteiger partial charge in [-0.1, -0.05) is 18.5 Å². The first-order valence-corrected chi connectivity index (χ1v) is 7.15. The fraction of sp³-hybridized carbons (Fsp3) is 0.571. The Balaban J connectivity index is 2.11. The van der Waals surface area contributed by atoms with Gasteiger partial charge in [-0.2, -0.15) is 5.10 Å². The Kier molecular flexibility index (Phi) is 4.72. The van der Waals surface area contributed by atoms with E-state index < -0.39 is 0 Å². The van der Waals surface area contributed by atoms with Crippen molar-refractivity contribution in [1.82, 2.24) is 20.3 Å². The van der Waals surface area contributed by atoms with E-state index in [2.05, 4.69) is 22.5 Å². The van der Waals surface area contributed by atoms with Crippen LogP contribution in [0.4, 0.5) is 0 Å². The molecule has 7 heteroatoms. The molecule has 0 aliphatic heterocycles. The smallest absolute Gasteiger partial charge is 0.296 e. The summed E-state index contributed by atoms with van der Waals surface area (Å²) in [6, 6.07) is 0. The number of aromatic nitrogens is 3. The number of aryl methyl sites for hydroxylation is 3. The van der Waals surface area contributed by atoms with Gasteiger partial charge in [0.25, 0.3) is 5.56 Å². The first-order chi connectivity index (χ1) is 10.0. The molecule has 1 amide bonds. The Hall–Kier alpha value is -2.18. The lowest BCUT2D eigenvalue weighted by atomic mass is 10.2. The zero-order valence-corrected chi connectivity index (χ0v) is 12.6. The average Bonchev–Trinajstić information content (AvgIpc) is 2.84. The highest BCUT2D eigenvalue weighted by atomic mass is 16.5. The lowest BCUT2D eigenvalue weighted by Gasteiger charge is -2.07. The molecule has 0 aliphatic rings. The predicted molar refractivity (Wildman–Crippen MR) is 78.1 cm³/mol. The number of nitrogens with one attached hydrogen (secondary N) is 1. The summed E-state index contributed by atoms with van der Waals surface area (Å²) in [5.41, 5.74) is 0.620. The van der Waals surface area contributed by atoms with Crippen molar-refractivity contribution in [3.63, 3.8) is 0 Å². The van der Waals surface area contributed by atoms with Gasteiger partial charge < -0.3 is 9.84 Å². The quantitative estimate of drug-likeness (QED) is 0.811. The number of amides is 1. The lowest BCUT2D eigenvalue weighted by molar-refractivity contribution is -0.121. The zero-order valence-electron chi connectivity index (χ0n) is 12.6. The van der Waals surface area contributed by atoms with E-state index in [1.165, 1.54) is 4.68 Å². The van der Waals surface area contributed by atoms with Crippen LogP contribution in [0.15, 0.2) is 9.32 Å². The summed E-state index contributed by atoms with van der Waals surface area (Å²) < 4.78 is 6.32. The van der Waals surface area contributed by atoms with E-state index in [4.69, 9.17) is 4.52 Å². The molecule has 0 saturated heterocycles. The van der Waals surface area contributed by atoms with Crippen LogP contribution in [-0.4, -0.2) is 27.4 Å². The number of fused-ring (bicyclic) bond motifs is 1. The summed E-state index contributed by atoms with van der Waals surface area (Å²) in [5.74, 6) is 0.503. The van der Waals surface area contributed by atoms with Crippen molar-refractivity contribution in [2.45, 2.75) is 46.6 Å². The molecular weight excluding hydrogens is 272 g/mol. The minimum absolute atomic E-state index is 0.0776. The molecule has 0 aromatic carbocycles. The molecule has 0 saturated carbocycles. The van der Waals surface area contributed by atoms with E-state index >= 15 is 0 Å². The first-order valence-electron chi connectivity index (χ1n) is 7.15.